The minimum Gasteiger partial charge on any atom is -0.325 e. The predicted octanol–water partition coefficient (Wildman–Crippen LogP) is 2.78. The van der Waals surface area contributed by atoms with Crippen molar-refractivity contribution in [3.8, 4) is 6.07 Å². The van der Waals surface area contributed by atoms with Crippen LogP contribution in [0.1, 0.15) is 22.4 Å². The van der Waals surface area contributed by atoms with Crippen molar-refractivity contribution < 1.29 is 4.79 Å². The Morgan fingerprint density at radius 3 is 2.69 bits per heavy atom. The zero-order valence-corrected chi connectivity index (χ0v) is 15.4. The van der Waals surface area contributed by atoms with E-state index in [0.29, 0.717) is 27.3 Å². The number of carbonyl (C=O) groups is 1. The van der Waals surface area contributed by atoms with Crippen LogP contribution in [0.4, 0.5) is 5.69 Å². The molecule has 0 unspecified atom stereocenters. The van der Waals surface area contributed by atoms with Gasteiger partial charge < -0.3 is 15.3 Å². The molecule has 1 amide bonds. The number of hydrogen-bond acceptors (Lipinski definition) is 5. The fourth-order valence-electron chi connectivity index (χ4n) is 2.59. The third-order valence-corrected chi connectivity index (χ3v) is 5.19. The summed E-state index contributed by atoms with van der Waals surface area (Å²) in [5.41, 5.74) is 4.84. The van der Waals surface area contributed by atoms with Crippen molar-refractivity contribution in [2.24, 2.45) is 0 Å². The van der Waals surface area contributed by atoms with E-state index in [9.17, 15) is 14.9 Å². The summed E-state index contributed by atoms with van der Waals surface area (Å²) in [5, 5.41) is 12.7. The van der Waals surface area contributed by atoms with Gasteiger partial charge in [-0.1, -0.05) is 11.8 Å². The van der Waals surface area contributed by atoms with Crippen molar-refractivity contribution in [2.45, 2.75) is 25.8 Å². The highest BCUT2D eigenvalue weighted by atomic mass is 32.2. The Hall–Kier alpha value is -3.05. The number of hydrogen-bond donors (Lipinski definition) is 3. The molecule has 1 aromatic carbocycles. The zero-order chi connectivity index (χ0) is 18.8. The topological polar surface area (TPSA) is 114 Å². The lowest BCUT2D eigenvalue weighted by Crippen LogP contribution is -2.14. The molecular weight excluding hydrogens is 350 g/mol. The molecule has 2 aromatic heterocycles. The number of aromatic amines is 2. The van der Waals surface area contributed by atoms with Gasteiger partial charge in [0, 0.05) is 11.4 Å². The number of anilines is 1. The van der Waals surface area contributed by atoms with Gasteiger partial charge in [-0.15, -0.1) is 0 Å². The third kappa shape index (κ3) is 3.48. The lowest BCUT2D eigenvalue weighted by molar-refractivity contribution is -0.113. The first kappa shape index (κ1) is 17.8. The molecule has 8 heteroatoms. The number of pyridine rings is 1. The van der Waals surface area contributed by atoms with E-state index in [0.717, 1.165) is 16.8 Å². The molecular formula is C18H17N5O2S. The summed E-state index contributed by atoms with van der Waals surface area (Å²) < 4.78 is 0. The first-order chi connectivity index (χ1) is 12.4. The molecule has 0 saturated carbocycles. The van der Waals surface area contributed by atoms with Gasteiger partial charge in [0.1, 0.15) is 11.1 Å². The second-order valence-corrected chi connectivity index (χ2v) is 6.88. The second-order valence-electron chi connectivity index (χ2n) is 5.92. The fourth-order valence-corrected chi connectivity index (χ4v) is 3.47. The van der Waals surface area contributed by atoms with Crippen LogP contribution >= 0.6 is 11.8 Å². The number of rotatable bonds is 4. The molecule has 0 saturated heterocycles. The summed E-state index contributed by atoms with van der Waals surface area (Å²) in [5.74, 6) is -0.0838. The van der Waals surface area contributed by atoms with Crippen molar-refractivity contribution in [1.29, 1.82) is 5.26 Å². The van der Waals surface area contributed by atoms with Crippen molar-refractivity contribution in [2.75, 3.05) is 11.1 Å². The van der Waals surface area contributed by atoms with Crippen molar-refractivity contribution in [1.82, 2.24) is 15.0 Å². The van der Waals surface area contributed by atoms with Gasteiger partial charge >= 0.3 is 5.69 Å². The number of aromatic nitrogens is 3. The van der Waals surface area contributed by atoms with E-state index >= 15 is 0 Å². The summed E-state index contributed by atoms with van der Waals surface area (Å²) in [6, 6.07) is 7.30. The zero-order valence-electron chi connectivity index (χ0n) is 14.6. The van der Waals surface area contributed by atoms with Gasteiger partial charge in [0.15, 0.2) is 0 Å². The van der Waals surface area contributed by atoms with Crippen LogP contribution in [0.15, 0.2) is 28.0 Å². The van der Waals surface area contributed by atoms with E-state index in [-0.39, 0.29) is 17.3 Å². The lowest BCUT2D eigenvalue weighted by Gasteiger charge is -2.11. The Morgan fingerprint density at radius 2 is 1.96 bits per heavy atom. The number of thioether (sulfide) groups is 1. The largest absolute Gasteiger partial charge is 0.325 e. The van der Waals surface area contributed by atoms with Gasteiger partial charge in [0.05, 0.1) is 22.3 Å². The molecule has 3 rings (SSSR count). The molecule has 0 aliphatic heterocycles. The Balaban J connectivity index is 1.72. The van der Waals surface area contributed by atoms with Gasteiger partial charge in [-0.05, 0) is 50.1 Å². The predicted molar refractivity (Wildman–Crippen MR) is 101 cm³/mol. The minimum absolute atomic E-state index is 0.130. The molecule has 0 fully saturated rings. The molecule has 132 valence electrons. The van der Waals surface area contributed by atoms with Crippen LogP contribution in [-0.4, -0.2) is 26.6 Å². The van der Waals surface area contributed by atoms with Crippen LogP contribution in [0.25, 0.3) is 11.0 Å². The summed E-state index contributed by atoms with van der Waals surface area (Å²) in [7, 11) is 0. The maximum absolute atomic E-state index is 12.2. The first-order valence-corrected chi connectivity index (χ1v) is 8.90. The second kappa shape index (κ2) is 7.06. The highest BCUT2D eigenvalue weighted by Gasteiger charge is 2.14. The van der Waals surface area contributed by atoms with Crippen LogP contribution in [0.3, 0.4) is 0 Å². The minimum atomic E-state index is -0.292. The monoisotopic (exact) mass is 367 g/mol. The van der Waals surface area contributed by atoms with E-state index in [1.165, 1.54) is 11.8 Å². The highest BCUT2D eigenvalue weighted by molar-refractivity contribution is 8.00. The van der Waals surface area contributed by atoms with Gasteiger partial charge in [-0.25, -0.2) is 9.78 Å². The lowest BCUT2D eigenvalue weighted by atomic mass is 10.1. The maximum atomic E-state index is 12.2. The van der Waals surface area contributed by atoms with E-state index in [1.807, 2.05) is 20.8 Å². The van der Waals surface area contributed by atoms with Crippen LogP contribution in [-0.2, 0) is 4.79 Å². The molecule has 0 spiro atoms. The van der Waals surface area contributed by atoms with Crippen LogP contribution in [0, 0.1) is 32.1 Å². The van der Waals surface area contributed by atoms with Gasteiger partial charge in [-0.2, -0.15) is 5.26 Å². The average molecular weight is 367 g/mol. The standard InChI is InChI=1S/C18H17N5O2S/c1-9-10(2)13(7-19)17(20-11(9)3)26-8-16(24)21-12-4-5-14-15(6-12)23-18(25)22-14/h4-6H,8H2,1-3H3,(H,21,24)(H2,22,23,25). The van der Waals surface area contributed by atoms with Gasteiger partial charge in [0.2, 0.25) is 5.91 Å². The normalized spacial score (nSPS) is 10.7. The Labute approximate surface area is 153 Å². The number of aryl methyl sites for hydroxylation is 1. The molecule has 3 aromatic rings. The molecule has 3 N–H and O–H groups in total. The van der Waals surface area contributed by atoms with Crippen molar-refractivity contribution in [3.63, 3.8) is 0 Å². The van der Waals surface area contributed by atoms with Crippen LogP contribution in [0.2, 0.25) is 0 Å². The first-order valence-electron chi connectivity index (χ1n) is 7.91. The fraction of sp³-hybridized carbons (Fsp3) is 0.222. The summed E-state index contributed by atoms with van der Waals surface area (Å²) in [6.07, 6.45) is 0. The quantitative estimate of drug-likeness (QED) is 0.614. The molecule has 0 bridgehead atoms. The Kier molecular flexibility index (Phi) is 4.82. The molecule has 2 heterocycles. The SMILES string of the molecule is Cc1nc(SCC(=O)Nc2ccc3[nH]c(=O)[nH]c3c2)c(C#N)c(C)c1C. The molecule has 0 aliphatic rings. The Morgan fingerprint density at radius 1 is 1.23 bits per heavy atom. The number of nitrogens with one attached hydrogen (secondary N) is 3. The third-order valence-electron chi connectivity index (χ3n) is 4.21. The van der Waals surface area contributed by atoms with E-state index in [2.05, 4.69) is 26.3 Å². The Bertz CT molecular complexity index is 1110. The molecule has 26 heavy (non-hydrogen) atoms. The van der Waals surface area contributed by atoms with Crippen LogP contribution in [0.5, 0.6) is 0 Å². The number of H-pyrrole nitrogens is 2. The van der Waals surface area contributed by atoms with Gasteiger partial charge in [-0.3, -0.25) is 4.79 Å². The van der Waals surface area contributed by atoms with Crippen molar-refractivity contribution >= 4 is 34.4 Å². The van der Waals surface area contributed by atoms with E-state index < -0.39 is 0 Å². The van der Waals surface area contributed by atoms with Gasteiger partial charge in [0.25, 0.3) is 0 Å². The molecule has 0 aliphatic carbocycles. The number of carbonyl (C=O) groups excluding carboxylic acids is 1. The molecule has 0 atom stereocenters. The maximum Gasteiger partial charge on any atom is 0.323 e. The number of benzene rings is 1. The summed E-state index contributed by atoms with van der Waals surface area (Å²) in [4.78, 5) is 33.3. The summed E-state index contributed by atoms with van der Waals surface area (Å²) >= 11 is 1.23. The average Bonchev–Trinajstić information content (AvgIpc) is 2.97. The summed E-state index contributed by atoms with van der Waals surface area (Å²) in [6.45, 7) is 5.71. The van der Waals surface area contributed by atoms with Crippen LogP contribution < -0.4 is 11.0 Å². The van der Waals surface area contributed by atoms with E-state index in [1.54, 1.807) is 18.2 Å². The van der Waals surface area contributed by atoms with E-state index in [4.69, 9.17) is 0 Å². The highest BCUT2D eigenvalue weighted by Crippen LogP contribution is 2.26. The number of imidazole rings is 1. The number of nitriles is 1. The number of amides is 1. The number of nitrogens with zero attached hydrogens (tertiary/aromatic N) is 2. The molecule has 0 radical (unpaired) electrons. The number of fused-ring (bicyclic) bond motifs is 1. The molecule has 7 nitrogen and oxygen atoms in total. The van der Waals surface area contributed by atoms with Crippen molar-refractivity contribution in [3.05, 3.63) is 51.1 Å². The smallest absolute Gasteiger partial charge is 0.323 e.